The molecule has 0 aliphatic rings. The molecule has 0 aliphatic carbocycles. The zero-order chi connectivity index (χ0) is 14.3. The number of aliphatic hydroxyl groups excluding tert-OH is 1. The lowest BCUT2D eigenvalue weighted by Crippen LogP contribution is -2.48. The van der Waals surface area contributed by atoms with E-state index in [1.54, 1.807) is 19.1 Å². The molecule has 106 valence electrons. The van der Waals surface area contributed by atoms with Crippen LogP contribution in [0.3, 0.4) is 0 Å². The third-order valence-electron chi connectivity index (χ3n) is 2.80. The van der Waals surface area contributed by atoms with Gasteiger partial charge in [0.05, 0.1) is 4.88 Å². The van der Waals surface area contributed by atoms with E-state index in [-0.39, 0.29) is 24.5 Å². The van der Waals surface area contributed by atoms with Crippen LogP contribution in [0.15, 0.2) is 17.5 Å². The van der Waals surface area contributed by atoms with Gasteiger partial charge in [-0.2, -0.15) is 0 Å². The summed E-state index contributed by atoms with van der Waals surface area (Å²) in [6.07, 6.45) is 1.27. The van der Waals surface area contributed by atoms with Gasteiger partial charge in [0.1, 0.15) is 6.04 Å². The van der Waals surface area contributed by atoms with E-state index in [2.05, 4.69) is 10.6 Å². The molecule has 5 nitrogen and oxygen atoms in total. The second-order valence-electron chi connectivity index (χ2n) is 4.30. The van der Waals surface area contributed by atoms with Crippen LogP contribution in [0.25, 0.3) is 0 Å². The van der Waals surface area contributed by atoms with E-state index in [4.69, 9.17) is 5.11 Å². The molecule has 0 spiro atoms. The van der Waals surface area contributed by atoms with Crippen molar-refractivity contribution in [3.8, 4) is 0 Å². The first kappa shape index (κ1) is 15.7. The van der Waals surface area contributed by atoms with Crippen LogP contribution in [0.4, 0.5) is 0 Å². The molecular weight excluding hydrogens is 264 g/mol. The van der Waals surface area contributed by atoms with Crippen molar-refractivity contribution in [2.24, 2.45) is 0 Å². The number of carbonyl (C=O) groups is 2. The first-order valence-corrected chi connectivity index (χ1v) is 7.22. The second kappa shape index (κ2) is 7.91. The van der Waals surface area contributed by atoms with Crippen molar-refractivity contribution in [3.63, 3.8) is 0 Å². The van der Waals surface area contributed by atoms with Crippen LogP contribution in [-0.4, -0.2) is 35.6 Å². The fraction of sp³-hybridized carbons (Fsp3) is 0.538. The fourth-order valence-electron chi connectivity index (χ4n) is 1.60. The smallest absolute Gasteiger partial charge is 0.261 e. The molecule has 2 unspecified atom stereocenters. The maximum Gasteiger partial charge on any atom is 0.261 e. The minimum Gasteiger partial charge on any atom is -0.396 e. The highest BCUT2D eigenvalue weighted by molar-refractivity contribution is 7.12. The van der Waals surface area contributed by atoms with Crippen molar-refractivity contribution in [2.75, 3.05) is 6.61 Å². The third kappa shape index (κ3) is 5.00. The van der Waals surface area contributed by atoms with Gasteiger partial charge in [-0.3, -0.25) is 9.59 Å². The normalized spacial score (nSPS) is 13.6. The van der Waals surface area contributed by atoms with Crippen LogP contribution in [-0.2, 0) is 4.79 Å². The van der Waals surface area contributed by atoms with Crippen LogP contribution in [0.1, 0.15) is 36.4 Å². The molecule has 19 heavy (non-hydrogen) atoms. The van der Waals surface area contributed by atoms with Crippen molar-refractivity contribution < 1.29 is 14.7 Å². The third-order valence-corrected chi connectivity index (χ3v) is 3.67. The van der Waals surface area contributed by atoms with Crippen LogP contribution in [0.2, 0.25) is 0 Å². The summed E-state index contributed by atoms with van der Waals surface area (Å²) in [6.45, 7) is 3.62. The maximum atomic E-state index is 11.9. The molecule has 0 fully saturated rings. The summed E-state index contributed by atoms with van der Waals surface area (Å²) in [4.78, 5) is 24.3. The Hall–Kier alpha value is -1.40. The lowest BCUT2D eigenvalue weighted by atomic mass is 10.1. The van der Waals surface area contributed by atoms with E-state index < -0.39 is 6.04 Å². The number of rotatable bonds is 7. The zero-order valence-electron chi connectivity index (χ0n) is 11.2. The second-order valence-corrected chi connectivity index (χ2v) is 5.25. The van der Waals surface area contributed by atoms with Gasteiger partial charge in [0.25, 0.3) is 5.91 Å². The molecule has 0 saturated carbocycles. The minimum atomic E-state index is -0.595. The Bertz CT molecular complexity index is 406. The molecule has 1 rings (SSSR count). The summed E-state index contributed by atoms with van der Waals surface area (Å²) >= 11 is 1.33. The molecule has 0 saturated heterocycles. The Morgan fingerprint density at radius 1 is 1.42 bits per heavy atom. The van der Waals surface area contributed by atoms with Crippen LogP contribution >= 0.6 is 11.3 Å². The highest BCUT2D eigenvalue weighted by atomic mass is 32.1. The molecule has 2 atom stereocenters. The van der Waals surface area contributed by atoms with Crippen molar-refractivity contribution >= 4 is 23.2 Å². The number of hydrogen-bond donors (Lipinski definition) is 3. The summed E-state index contributed by atoms with van der Waals surface area (Å²) in [5.74, 6) is -0.474. The molecule has 0 aromatic carbocycles. The van der Waals surface area contributed by atoms with Crippen LogP contribution in [0, 0.1) is 0 Å². The Labute approximate surface area is 117 Å². The van der Waals surface area contributed by atoms with E-state index in [1.807, 2.05) is 12.3 Å². The minimum absolute atomic E-state index is 0.0364. The number of hydrogen-bond acceptors (Lipinski definition) is 4. The number of nitrogens with one attached hydrogen (secondary N) is 2. The lowest BCUT2D eigenvalue weighted by Gasteiger charge is -2.19. The summed E-state index contributed by atoms with van der Waals surface area (Å²) in [7, 11) is 0. The molecule has 2 amide bonds. The van der Waals surface area contributed by atoms with Gasteiger partial charge in [-0.05, 0) is 31.2 Å². The average molecular weight is 284 g/mol. The predicted octanol–water partition coefficient (Wildman–Crippen LogP) is 1.14. The van der Waals surface area contributed by atoms with Crippen LogP contribution in [0.5, 0.6) is 0 Å². The predicted molar refractivity (Wildman–Crippen MR) is 75.2 cm³/mol. The Morgan fingerprint density at radius 3 is 2.68 bits per heavy atom. The molecule has 0 bridgehead atoms. The van der Waals surface area contributed by atoms with Gasteiger partial charge >= 0.3 is 0 Å². The van der Waals surface area contributed by atoms with Gasteiger partial charge in [0.15, 0.2) is 0 Å². The van der Waals surface area contributed by atoms with Gasteiger partial charge in [-0.1, -0.05) is 13.0 Å². The summed E-state index contributed by atoms with van der Waals surface area (Å²) < 4.78 is 0. The quantitative estimate of drug-likeness (QED) is 0.702. The molecule has 0 radical (unpaired) electrons. The Morgan fingerprint density at radius 2 is 2.16 bits per heavy atom. The monoisotopic (exact) mass is 284 g/mol. The molecule has 1 heterocycles. The molecular formula is C13H20N2O3S. The van der Waals surface area contributed by atoms with Gasteiger partial charge in [-0.15, -0.1) is 11.3 Å². The lowest BCUT2D eigenvalue weighted by molar-refractivity contribution is -0.123. The summed E-state index contributed by atoms with van der Waals surface area (Å²) in [5.41, 5.74) is 0. The first-order chi connectivity index (χ1) is 9.08. The molecule has 6 heteroatoms. The van der Waals surface area contributed by atoms with E-state index >= 15 is 0 Å². The zero-order valence-corrected chi connectivity index (χ0v) is 12.0. The number of thiophene rings is 1. The van der Waals surface area contributed by atoms with Crippen molar-refractivity contribution in [2.45, 2.75) is 38.8 Å². The first-order valence-electron chi connectivity index (χ1n) is 6.34. The van der Waals surface area contributed by atoms with Gasteiger partial charge in [0.2, 0.25) is 5.91 Å². The SMILES string of the molecule is CCC(CCO)NC(=O)C(C)NC(=O)c1cccs1. The number of aliphatic hydroxyl groups is 1. The van der Waals surface area contributed by atoms with E-state index in [9.17, 15) is 9.59 Å². The maximum absolute atomic E-state index is 11.9. The van der Waals surface area contributed by atoms with Gasteiger partial charge < -0.3 is 15.7 Å². The molecule has 0 aliphatic heterocycles. The summed E-state index contributed by atoms with van der Waals surface area (Å²) in [6, 6.07) is 2.85. The largest absolute Gasteiger partial charge is 0.396 e. The van der Waals surface area contributed by atoms with Crippen LogP contribution < -0.4 is 10.6 Å². The molecule has 1 aromatic rings. The fourth-order valence-corrected chi connectivity index (χ4v) is 2.23. The van der Waals surface area contributed by atoms with Gasteiger partial charge in [-0.25, -0.2) is 0 Å². The standard InChI is InChI=1S/C13H20N2O3S/c1-3-10(6-7-16)15-12(17)9(2)14-13(18)11-5-4-8-19-11/h4-5,8-10,16H,3,6-7H2,1-2H3,(H,14,18)(H,15,17). The summed E-state index contributed by atoms with van der Waals surface area (Å²) in [5, 5.41) is 16.1. The number of amides is 2. The van der Waals surface area contributed by atoms with E-state index in [0.29, 0.717) is 11.3 Å². The highest BCUT2D eigenvalue weighted by Gasteiger charge is 2.19. The topological polar surface area (TPSA) is 78.4 Å². The molecule has 1 aromatic heterocycles. The molecule has 3 N–H and O–H groups in total. The average Bonchev–Trinajstić information content (AvgIpc) is 2.91. The van der Waals surface area contributed by atoms with E-state index in [1.165, 1.54) is 11.3 Å². The van der Waals surface area contributed by atoms with Crippen molar-refractivity contribution in [1.29, 1.82) is 0 Å². The van der Waals surface area contributed by atoms with Crippen molar-refractivity contribution in [1.82, 2.24) is 10.6 Å². The number of carbonyl (C=O) groups excluding carboxylic acids is 2. The van der Waals surface area contributed by atoms with Crippen molar-refractivity contribution in [3.05, 3.63) is 22.4 Å². The Kier molecular flexibility index (Phi) is 6.52. The highest BCUT2D eigenvalue weighted by Crippen LogP contribution is 2.08. The van der Waals surface area contributed by atoms with E-state index in [0.717, 1.165) is 6.42 Å². The van der Waals surface area contributed by atoms with Gasteiger partial charge in [0, 0.05) is 12.6 Å². The Balaban J connectivity index is 2.46.